The second kappa shape index (κ2) is 5.73. The highest BCUT2D eigenvalue weighted by Crippen LogP contribution is 2.22. The molecule has 1 aliphatic rings. The number of carboxylic acid groups (broad SMARTS) is 1. The molecule has 19 heavy (non-hydrogen) atoms. The Balaban J connectivity index is 2.07. The smallest absolute Gasteiger partial charge is 0.303 e. The van der Waals surface area contributed by atoms with Crippen LogP contribution in [0.4, 0.5) is 5.69 Å². The molecule has 0 aromatic heterocycles. The molecular weight excluding hydrogens is 244 g/mol. The fraction of sp³-hybridized carbons (Fsp3) is 0.429. The molecule has 5 heteroatoms. The number of piperidine rings is 1. The number of hydrogen-bond donors (Lipinski definition) is 2. The maximum Gasteiger partial charge on any atom is 0.303 e. The average Bonchev–Trinajstić information content (AvgIpc) is 2.38. The molecule has 1 unspecified atom stereocenters. The van der Waals surface area contributed by atoms with Crippen LogP contribution in [0.1, 0.15) is 29.6 Å². The number of anilines is 1. The van der Waals surface area contributed by atoms with Crippen LogP contribution < -0.4 is 5.73 Å². The van der Waals surface area contributed by atoms with Crippen LogP contribution in [-0.4, -0.2) is 35.0 Å². The van der Waals surface area contributed by atoms with E-state index in [9.17, 15) is 9.59 Å². The molecular formula is C14H18N2O3. The first-order valence-corrected chi connectivity index (χ1v) is 6.43. The predicted molar refractivity (Wildman–Crippen MR) is 71.7 cm³/mol. The van der Waals surface area contributed by atoms with Gasteiger partial charge in [0.1, 0.15) is 0 Å². The van der Waals surface area contributed by atoms with Gasteiger partial charge in [-0.3, -0.25) is 9.59 Å². The Hall–Kier alpha value is -2.04. The van der Waals surface area contributed by atoms with E-state index in [1.807, 2.05) is 0 Å². The lowest BCUT2D eigenvalue weighted by Gasteiger charge is -2.32. The number of nitrogens with two attached hydrogens (primary N) is 1. The molecule has 0 saturated carbocycles. The Morgan fingerprint density at radius 2 is 2.11 bits per heavy atom. The Labute approximate surface area is 112 Å². The molecule has 1 aliphatic heterocycles. The van der Waals surface area contributed by atoms with Crippen molar-refractivity contribution in [2.24, 2.45) is 5.92 Å². The molecule has 3 N–H and O–H groups in total. The summed E-state index contributed by atoms with van der Waals surface area (Å²) in [6.45, 7) is 1.17. The number of para-hydroxylation sites is 1. The molecule has 2 rings (SSSR count). The first-order chi connectivity index (χ1) is 9.08. The van der Waals surface area contributed by atoms with Crippen LogP contribution in [0, 0.1) is 5.92 Å². The molecule has 1 amide bonds. The van der Waals surface area contributed by atoms with Gasteiger partial charge < -0.3 is 15.7 Å². The Bertz CT molecular complexity index is 487. The number of carboxylic acids is 1. The summed E-state index contributed by atoms with van der Waals surface area (Å²) in [5.41, 5.74) is 6.77. The van der Waals surface area contributed by atoms with Gasteiger partial charge in [-0.05, 0) is 30.9 Å². The molecule has 102 valence electrons. The molecule has 1 fully saturated rings. The molecule has 0 radical (unpaired) electrons. The van der Waals surface area contributed by atoms with E-state index in [0.717, 1.165) is 12.8 Å². The number of hydrogen-bond acceptors (Lipinski definition) is 3. The first-order valence-electron chi connectivity index (χ1n) is 6.43. The van der Waals surface area contributed by atoms with Crippen molar-refractivity contribution >= 4 is 17.6 Å². The Kier molecular flexibility index (Phi) is 4.04. The maximum absolute atomic E-state index is 12.4. The highest BCUT2D eigenvalue weighted by atomic mass is 16.4. The van der Waals surface area contributed by atoms with Gasteiger partial charge in [0.15, 0.2) is 0 Å². The van der Waals surface area contributed by atoms with E-state index in [0.29, 0.717) is 24.3 Å². The van der Waals surface area contributed by atoms with Gasteiger partial charge in [0.05, 0.1) is 5.56 Å². The van der Waals surface area contributed by atoms with Crippen LogP contribution >= 0.6 is 0 Å². The van der Waals surface area contributed by atoms with E-state index in [1.165, 1.54) is 0 Å². The van der Waals surface area contributed by atoms with Gasteiger partial charge in [-0.15, -0.1) is 0 Å². The fourth-order valence-corrected chi connectivity index (χ4v) is 2.53. The van der Waals surface area contributed by atoms with E-state index in [1.54, 1.807) is 29.2 Å². The van der Waals surface area contributed by atoms with Crippen LogP contribution in [0.3, 0.4) is 0 Å². The second-order valence-corrected chi connectivity index (χ2v) is 4.94. The summed E-state index contributed by atoms with van der Waals surface area (Å²) in [7, 11) is 0. The highest BCUT2D eigenvalue weighted by molar-refractivity contribution is 5.99. The zero-order chi connectivity index (χ0) is 13.8. The van der Waals surface area contributed by atoms with Crippen molar-refractivity contribution in [3.8, 4) is 0 Å². The van der Waals surface area contributed by atoms with Crippen LogP contribution in [0.15, 0.2) is 24.3 Å². The van der Waals surface area contributed by atoms with Crippen LogP contribution in [-0.2, 0) is 4.79 Å². The number of carbonyl (C=O) groups excluding carboxylic acids is 1. The molecule has 1 heterocycles. The Morgan fingerprint density at radius 3 is 2.79 bits per heavy atom. The fourth-order valence-electron chi connectivity index (χ4n) is 2.53. The molecule has 1 atom stereocenters. The van der Waals surface area contributed by atoms with Crippen LogP contribution in [0.5, 0.6) is 0 Å². The number of rotatable bonds is 3. The summed E-state index contributed by atoms with van der Waals surface area (Å²) >= 11 is 0. The molecule has 1 aromatic rings. The first kappa shape index (κ1) is 13.4. The summed E-state index contributed by atoms with van der Waals surface area (Å²) in [6, 6.07) is 6.97. The summed E-state index contributed by atoms with van der Waals surface area (Å²) in [5, 5.41) is 8.83. The SMILES string of the molecule is Nc1ccccc1C(=O)N1CCCC(CC(=O)O)C1. The van der Waals surface area contributed by atoms with Gasteiger partial charge >= 0.3 is 5.97 Å². The van der Waals surface area contributed by atoms with E-state index >= 15 is 0 Å². The third-order valence-electron chi connectivity index (χ3n) is 3.46. The lowest BCUT2D eigenvalue weighted by molar-refractivity contribution is -0.138. The molecule has 0 aliphatic carbocycles. The minimum atomic E-state index is -0.807. The lowest BCUT2D eigenvalue weighted by atomic mass is 9.94. The second-order valence-electron chi connectivity index (χ2n) is 4.94. The molecule has 0 spiro atoms. The molecule has 1 aromatic carbocycles. The van der Waals surface area contributed by atoms with E-state index in [2.05, 4.69) is 0 Å². The standard InChI is InChI=1S/C14H18N2O3/c15-12-6-2-1-5-11(12)14(19)16-7-3-4-10(9-16)8-13(17)18/h1-2,5-6,10H,3-4,7-9,15H2,(H,17,18). The summed E-state index contributed by atoms with van der Waals surface area (Å²) in [6.07, 6.45) is 1.82. The van der Waals surface area contributed by atoms with E-state index < -0.39 is 5.97 Å². The Morgan fingerprint density at radius 1 is 1.37 bits per heavy atom. The van der Waals surface area contributed by atoms with E-state index in [4.69, 9.17) is 10.8 Å². The number of amides is 1. The molecule has 5 nitrogen and oxygen atoms in total. The van der Waals surface area contributed by atoms with Crippen molar-refractivity contribution in [3.05, 3.63) is 29.8 Å². The third-order valence-corrected chi connectivity index (χ3v) is 3.46. The summed E-state index contributed by atoms with van der Waals surface area (Å²) in [5.74, 6) is -0.869. The number of nitrogen functional groups attached to an aromatic ring is 1. The number of likely N-dealkylation sites (tertiary alicyclic amines) is 1. The summed E-state index contributed by atoms with van der Waals surface area (Å²) < 4.78 is 0. The largest absolute Gasteiger partial charge is 0.481 e. The monoisotopic (exact) mass is 262 g/mol. The van der Waals surface area contributed by atoms with Crippen molar-refractivity contribution in [1.29, 1.82) is 0 Å². The van der Waals surface area contributed by atoms with Gasteiger partial charge in [-0.2, -0.15) is 0 Å². The van der Waals surface area contributed by atoms with Crippen molar-refractivity contribution < 1.29 is 14.7 Å². The van der Waals surface area contributed by atoms with Gasteiger partial charge in [0, 0.05) is 25.2 Å². The van der Waals surface area contributed by atoms with Crippen molar-refractivity contribution in [2.75, 3.05) is 18.8 Å². The van der Waals surface area contributed by atoms with Gasteiger partial charge in [0.25, 0.3) is 5.91 Å². The normalized spacial score (nSPS) is 19.2. The van der Waals surface area contributed by atoms with Crippen molar-refractivity contribution in [3.63, 3.8) is 0 Å². The molecule has 1 saturated heterocycles. The van der Waals surface area contributed by atoms with Crippen molar-refractivity contribution in [1.82, 2.24) is 4.90 Å². The maximum atomic E-state index is 12.4. The highest BCUT2D eigenvalue weighted by Gasteiger charge is 2.26. The minimum Gasteiger partial charge on any atom is -0.481 e. The van der Waals surface area contributed by atoms with Gasteiger partial charge in [0.2, 0.25) is 0 Å². The minimum absolute atomic E-state index is 0.0418. The predicted octanol–water partition coefficient (Wildman–Crippen LogP) is 1.60. The zero-order valence-electron chi connectivity index (χ0n) is 10.7. The van der Waals surface area contributed by atoms with Crippen LogP contribution in [0.2, 0.25) is 0 Å². The third kappa shape index (κ3) is 3.24. The topological polar surface area (TPSA) is 83.6 Å². The number of nitrogens with zero attached hydrogens (tertiary/aromatic N) is 1. The number of aliphatic carboxylic acids is 1. The average molecular weight is 262 g/mol. The van der Waals surface area contributed by atoms with Crippen LogP contribution in [0.25, 0.3) is 0 Å². The number of carbonyl (C=O) groups is 2. The molecule has 0 bridgehead atoms. The van der Waals surface area contributed by atoms with Gasteiger partial charge in [-0.1, -0.05) is 12.1 Å². The summed E-state index contributed by atoms with van der Waals surface area (Å²) in [4.78, 5) is 24.8. The lowest BCUT2D eigenvalue weighted by Crippen LogP contribution is -2.40. The van der Waals surface area contributed by atoms with Gasteiger partial charge in [-0.25, -0.2) is 0 Å². The zero-order valence-corrected chi connectivity index (χ0v) is 10.7. The van der Waals surface area contributed by atoms with E-state index in [-0.39, 0.29) is 18.2 Å². The number of benzene rings is 1. The van der Waals surface area contributed by atoms with Crippen molar-refractivity contribution in [2.45, 2.75) is 19.3 Å². The quantitative estimate of drug-likeness (QED) is 0.810.